The molecule has 0 amide bonds. The molecule has 0 bridgehead atoms. The van der Waals surface area contributed by atoms with Gasteiger partial charge < -0.3 is 14.5 Å². The van der Waals surface area contributed by atoms with E-state index < -0.39 is 9.84 Å². The molecule has 2 heterocycles. The molecule has 28 heavy (non-hydrogen) atoms. The second-order valence-corrected chi connectivity index (χ2v) is 9.09. The Morgan fingerprint density at radius 1 is 1.07 bits per heavy atom. The predicted molar refractivity (Wildman–Crippen MR) is 108 cm³/mol. The van der Waals surface area contributed by atoms with Crippen molar-refractivity contribution in [3.05, 3.63) is 54.7 Å². The number of rotatable bonds is 4. The lowest BCUT2D eigenvalue weighted by atomic mass is 10.1. The van der Waals surface area contributed by atoms with Gasteiger partial charge in [0, 0.05) is 6.07 Å². The smallest absolute Gasteiger partial charge is 0.214 e. The lowest BCUT2D eigenvalue weighted by Crippen LogP contribution is -3.12. The quantitative estimate of drug-likeness (QED) is 0.706. The highest BCUT2D eigenvalue weighted by atomic mass is 32.2. The molecule has 0 radical (unpaired) electrons. The molecule has 1 aliphatic rings. The summed E-state index contributed by atoms with van der Waals surface area (Å²) >= 11 is 0. The summed E-state index contributed by atoms with van der Waals surface area (Å²) in [4.78, 5) is 7.42. The summed E-state index contributed by atoms with van der Waals surface area (Å²) in [6.07, 6.45) is 1.62. The molecule has 2 N–H and O–H groups in total. The van der Waals surface area contributed by atoms with Crippen molar-refractivity contribution < 1.29 is 23.0 Å². The number of nitrogens with zero attached hydrogens (tertiary/aromatic N) is 1. The SMILES string of the molecule is COc1ccc2[nH+]cc(S(=O)(=O)c3ccccc3)c(N3CC[NH+](C)CC3)c2c1. The summed E-state index contributed by atoms with van der Waals surface area (Å²) in [5.74, 6) is 0.705. The number of likely N-dealkylation sites (N-methyl/N-ethyl adjacent to an activating group) is 1. The molecule has 3 aromatic rings. The number of hydrogen-bond donors (Lipinski definition) is 1. The molecule has 2 aromatic carbocycles. The van der Waals surface area contributed by atoms with Crippen LogP contribution in [-0.4, -0.2) is 48.8 Å². The van der Waals surface area contributed by atoms with E-state index in [1.54, 1.807) is 37.6 Å². The van der Waals surface area contributed by atoms with Crippen LogP contribution in [0.25, 0.3) is 10.9 Å². The molecule has 0 aliphatic carbocycles. The Kier molecular flexibility index (Phi) is 4.95. The van der Waals surface area contributed by atoms with E-state index in [0.29, 0.717) is 15.5 Å². The van der Waals surface area contributed by atoms with Crippen LogP contribution in [0.5, 0.6) is 5.75 Å². The Bertz CT molecular complexity index is 1090. The zero-order valence-electron chi connectivity index (χ0n) is 16.1. The number of anilines is 1. The second-order valence-electron chi connectivity index (χ2n) is 7.17. The zero-order chi connectivity index (χ0) is 19.7. The molecule has 1 aromatic heterocycles. The van der Waals surface area contributed by atoms with Crippen molar-refractivity contribution >= 4 is 26.4 Å². The number of fused-ring (bicyclic) bond motifs is 1. The molecule has 146 valence electrons. The van der Waals surface area contributed by atoms with E-state index in [0.717, 1.165) is 42.8 Å². The zero-order valence-corrected chi connectivity index (χ0v) is 16.9. The Hall–Kier alpha value is -2.64. The van der Waals surface area contributed by atoms with Crippen molar-refractivity contribution in [2.24, 2.45) is 0 Å². The van der Waals surface area contributed by atoms with Gasteiger partial charge in [-0.25, -0.2) is 13.4 Å². The van der Waals surface area contributed by atoms with E-state index >= 15 is 0 Å². The lowest BCUT2D eigenvalue weighted by molar-refractivity contribution is -0.880. The van der Waals surface area contributed by atoms with Crippen LogP contribution in [0.3, 0.4) is 0 Å². The summed E-state index contributed by atoms with van der Waals surface area (Å²) in [7, 11) is 0.121. The fraction of sp³-hybridized carbons (Fsp3) is 0.286. The monoisotopic (exact) mass is 399 g/mol. The van der Waals surface area contributed by atoms with E-state index in [4.69, 9.17) is 4.74 Å². The highest BCUT2D eigenvalue weighted by molar-refractivity contribution is 7.91. The van der Waals surface area contributed by atoms with Gasteiger partial charge in [-0.3, -0.25) is 0 Å². The molecule has 1 fully saturated rings. The van der Waals surface area contributed by atoms with Crippen molar-refractivity contribution in [1.82, 2.24) is 0 Å². The average molecular weight is 400 g/mol. The van der Waals surface area contributed by atoms with Crippen molar-refractivity contribution in [3.63, 3.8) is 0 Å². The maximum absolute atomic E-state index is 13.5. The minimum atomic E-state index is -3.66. The van der Waals surface area contributed by atoms with Crippen molar-refractivity contribution in [2.45, 2.75) is 9.79 Å². The fourth-order valence-electron chi connectivity index (χ4n) is 3.69. The van der Waals surface area contributed by atoms with Crippen LogP contribution in [0.4, 0.5) is 5.69 Å². The molecule has 0 saturated carbocycles. The largest absolute Gasteiger partial charge is 0.497 e. The van der Waals surface area contributed by atoms with Gasteiger partial charge in [-0.2, -0.15) is 0 Å². The van der Waals surface area contributed by atoms with Gasteiger partial charge in [-0.1, -0.05) is 18.2 Å². The number of H-pyrrole nitrogens is 1. The van der Waals surface area contributed by atoms with Gasteiger partial charge in [0.1, 0.15) is 5.75 Å². The third-order valence-electron chi connectivity index (χ3n) is 5.35. The highest BCUT2D eigenvalue weighted by Crippen LogP contribution is 2.36. The average Bonchev–Trinajstić information content (AvgIpc) is 2.73. The van der Waals surface area contributed by atoms with Crippen LogP contribution < -0.4 is 19.5 Å². The number of benzene rings is 2. The van der Waals surface area contributed by atoms with Gasteiger partial charge in [-0.05, 0) is 24.3 Å². The van der Waals surface area contributed by atoms with Crippen molar-refractivity contribution in [2.75, 3.05) is 45.2 Å². The Morgan fingerprint density at radius 3 is 2.46 bits per heavy atom. The van der Waals surface area contributed by atoms with Gasteiger partial charge >= 0.3 is 0 Å². The molecule has 0 unspecified atom stereocenters. The number of aromatic amines is 1. The first-order valence-electron chi connectivity index (χ1n) is 9.39. The van der Waals surface area contributed by atoms with Gasteiger partial charge in [0.05, 0.1) is 56.3 Å². The molecule has 0 atom stereocenters. The second kappa shape index (κ2) is 7.41. The topological polar surface area (TPSA) is 65.2 Å². The molecule has 7 heteroatoms. The number of aromatic nitrogens is 1. The van der Waals surface area contributed by atoms with E-state index in [1.807, 2.05) is 24.3 Å². The van der Waals surface area contributed by atoms with E-state index in [2.05, 4.69) is 16.9 Å². The molecule has 4 rings (SSSR count). The first-order chi connectivity index (χ1) is 13.5. The van der Waals surface area contributed by atoms with Crippen LogP contribution in [-0.2, 0) is 9.84 Å². The minimum absolute atomic E-state index is 0.298. The normalized spacial score (nSPS) is 15.7. The van der Waals surface area contributed by atoms with Crippen LogP contribution in [0, 0.1) is 0 Å². The summed E-state index contributed by atoms with van der Waals surface area (Å²) in [5.41, 5.74) is 1.64. The van der Waals surface area contributed by atoms with Crippen LogP contribution >= 0.6 is 0 Å². The molecular weight excluding hydrogens is 374 g/mol. The molecule has 1 aliphatic heterocycles. The van der Waals surface area contributed by atoms with Gasteiger partial charge in [0.15, 0.2) is 11.1 Å². The van der Waals surface area contributed by atoms with Crippen LogP contribution in [0.2, 0.25) is 0 Å². The number of hydrogen-bond acceptors (Lipinski definition) is 4. The molecular formula is C21H25N3O3S+2. The lowest BCUT2D eigenvalue weighted by Gasteiger charge is -2.33. The predicted octanol–water partition coefficient (Wildman–Crippen LogP) is 0.830. The summed E-state index contributed by atoms with van der Waals surface area (Å²) < 4.78 is 32.4. The number of piperazine rings is 1. The van der Waals surface area contributed by atoms with Crippen LogP contribution in [0.1, 0.15) is 0 Å². The Labute approximate surface area is 165 Å². The van der Waals surface area contributed by atoms with E-state index in [1.165, 1.54) is 4.90 Å². The van der Waals surface area contributed by atoms with Crippen molar-refractivity contribution in [3.8, 4) is 5.75 Å². The fourth-order valence-corrected chi connectivity index (χ4v) is 5.16. The highest BCUT2D eigenvalue weighted by Gasteiger charge is 2.31. The standard InChI is InChI=1S/C21H23N3O3S/c1-23-10-12-24(13-11-23)21-18-14-16(27-2)8-9-19(18)22-15-20(21)28(25,26)17-6-4-3-5-7-17/h3-9,14-15H,10-13H2,1-2H3/p+2. The molecule has 0 spiro atoms. The summed E-state index contributed by atoms with van der Waals surface area (Å²) in [6, 6.07) is 14.3. The Morgan fingerprint density at radius 2 is 1.79 bits per heavy atom. The maximum atomic E-state index is 13.5. The number of pyridine rings is 1. The third-order valence-corrected chi connectivity index (χ3v) is 7.13. The summed E-state index contributed by atoms with van der Waals surface area (Å²) in [5, 5.41) is 0.857. The number of sulfone groups is 1. The number of ether oxygens (including phenoxy) is 1. The number of methoxy groups -OCH3 is 1. The van der Waals surface area contributed by atoms with Gasteiger partial charge in [0.2, 0.25) is 15.4 Å². The Balaban J connectivity index is 1.96. The van der Waals surface area contributed by atoms with E-state index in [-0.39, 0.29) is 0 Å². The first-order valence-corrected chi connectivity index (χ1v) is 10.9. The van der Waals surface area contributed by atoms with Crippen molar-refractivity contribution in [1.29, 1.82) is 0 Å². The molecule has 6 nitrogen and oxygen atoms in total. The van der Waals surface area contributed by atoms with Gasteiger partial charge in [-0.15, -0.1) is 0 Å². The minimum Gasteiger partial charge on any atom is -0.497 e. The number of nitrogens with one attached hydrogen (secondary N) is 2. The number of quaternary nitrogens is 1. The third kappa shape index (κ3) is 3.31. The maximum Gasteiger partial charge on any atom is 0.214 e. The van der Waals surface area contributed by atoms with Crippen LogP contribution in [0.15, 0.2) is 64.5 Å². The van der Waals surface area contributed by atoms with Gasteiger partial charge in [0.25, 0.3) is 0 Å². The van der Waals surface area contributed by atoms with E-state index in [9.17, 15) is 8.42 Å². The summed E-state index contributed by atoms with van der Waals surface area (Å²) in [6.45, 7) is 3.54. The first kappa shape index (κ1) is 18.7. The molecule has 1 saturated heterocycles.